The fourth-order valence-electron chi connectivity index (χ4n) is 1.80. The van der Waals surface area contributed by atoms with Gasteiger partial charge in [0.2, 0.25) is 0 Å². The molecule has 2 aromatic rings. The van der Waals surface area contributed by atoms with E-state index in [1.807, 2.05) is 12.1 Å². The Morgan fingerprint density at radius 3 is 2.58 bits per heavy atom. The lowest BCUT2D eigenvalue weighted by Gasteiger charge is -2.14. The summed E-state index contributed by atoms with van der Waals surface area (Å²) in [6, 6.07) is 10.6. The maximum Gasteiger partial charge on any atom is 0.0845 e. The summed E-state index contributed by atoms with van der Waals surface area (Å²) in [6.07, 6.45) is -0.379. The van der Waals surface area contributed by atoms with Gasteiger partial charge in [-0.1, -0.05) is 46.9 Å². The quantitative estimate of drug-likeness (QED) is 0.726. The first-order valence-corrected chi connectivity index (χ1v) is 7.47. The Hall–Kier alpha value is -0.250. The molecule has 0 aliphatic rings. The largest absolute Gasteiger partial charge is 0.388 e. The van der Waals surface area contributed by atoms with E-state index in [0.717, 1.165) is 10.0 Å². The predicted molar refractivity (Wildman–Crippen MR) is 84.3 cm³/mol. The van der Waals surface area contributed by atoms with E-state index in [2.05, 4.69) is 15.9 Å². The van der Waals surface area contributed by atoms with Crippen LogP contribution in [0.15, 0.2) is 40.9 Å². The van der Waals surface area contributed by atoms with Crippen molar-refractivity contribution in [1.82, 2.24) is 0 Å². The first-order valence-electron chi connectivity index (χ1n) is 5.55. The molecule has 1 atom stereocenters. The van der Waals surface area contributed by atoms with Gasteiger partial charge in [-0.2, -0.15) is 0 Å². The van der Waals surface area contributed by atoms with Crippen LogP contribution in [0.1, 0.15) is 17.2 Å². The van der Waals surface area contributed by atoms with Crippen LogP contribution in [0.4, 0.5) is 0 Å². The molecule has 0 aliphatic carbocycles. The molecule has 0 saturated carbocycles. The van der Waals surface area contributed by atoms with Gasteiger partial charge in [-0.15, -0.1) is 0 Å². The Balaban J connectivity index is 2.28. The highest BCUT2D eigenvalue weighted by Gasteiger charge is 2.15. The Morgan fingerprint density at radius 2 is 1.84 bits per heavy atom. The highest BCUT2D eigenvalue weighted by atomic mass is 79.9. The number of hydrogen-bond donors (Lipinski definition) is 1. The molecule has 0 bridgehead atoms. The van der Waals surface area contributed by atoms with Gasteiger partial charge in [-0.3, -0.25) is 0 Å². The normalized spacial score (nSPS) is 12.5. The van der Waals surface area contributed by atoms with Gasteiger partial charge in [-0.25, -0.2) is 0 Å². The molecular weight excluding hydrogens is 370 g/mol. The zero-order chi connectivity index (χ0) is 14.0. The van der Waals surface area contributed by atoms with Crippen molar-refractivity contribution in [2.24, 2.45) is 0 Å². The van der Waals surface area contributed by atoms with Crippen LogP contribution in [0, 0.1) is 0 Å². The molecule has 5 heteroatoms. The van der Waals surface area contributed by atoms with E-state index in [-0.39, 0.29) is 0 Å². The van der Waals surface area contributed by atoms with Crippen LogP contribution in [0.25, 0.3) is 0 Å². The topological polar surface area (TPSA) is 20.2 Å². The van der Waals surface area contributed by atoms with E-state index in [9.17, 15) is 5.11 Å². The van der Waals surface area contributed by atoms with E-state index in [0.29, 0.717) is 27.1 Å². The van der Waals surface area contributed by atoms with E-state index >= 15 is 0 Å². The van der Waals surface area contributed by atoms with Crippen LogP contribution in [0.2, 0.25) is 15.1 Å². The number of hydrogen-bond acceptors (Lipinski definition) is 1. The van der Waals surface area contributed by atoms with Gasteiger partial charge in [0.25, 0.3) is 0 Å². The maximum atomic E-state index is 10.3. The first-order chi connectivity index (χ1) is 8.99. The molecule has 0 amide bonds. The number of aliphatic hydroxyl groups is 1. The van der Waals surface area contributed by atoms with Crippen LogP contribution in [-0.2, 0) is 6.42 Å². The summed E-state index contributed by atoms with van der Waals surface area (Å²) in [5.74, 6) is 0. The summed E-state index contributed by atoms with van der Waals surface area (Å²) in [4.78, 5) is 0. The van der Waals surface area contributed by atoms with E-state index in [1.165, 1.54) is 0 Å². The van der Waals surface area contributed by atoms with Crippen LogP contribution in [0.5, 0.6) is 0 Å². The Morgan fingerprint density at radius 1 is 1.11 bits per heavy atom. The van der Waals surface area contributed by atoms with Crippen molar-refractivity contribution in [3.63, 3.8) is 0 Å². The monoisotopic (exact) mass is 378 g/mol. The molecule has 0 spiro atoms. The third-order valence-electron chi connectivity index (χ3n) is 2.76. The fraction of sp³-hybridized carbons (Fsp3) is 0.143. The minimum atomic E-state index is -0.735. The molecule has 2 rings (SSSR count). The van der Waals surface area contributed by atoms with Crippen molar-refractivity contribution >= 4 is 50.7 Å². The summed E-state index contributed by atoms with van der Waals surface area (Å²) >= 11 is 21.5. The molecule has 19 heavy (non-hydrogen) atoms. The van der Waals surface area contributed by atoms with Gasteiger partial charge in [-0.05, 0) is 45.8 Å². The van der Waals surface area contributed by atoms with Crippen LogP contribution >= 0.6 is 50.7 Å². The van der Waals surface area contributed by atoms with Crippen LogP contribution < -0.4 is 0 Å². The van der Waals surface area contributed by atoms with Crippen molar-refractivity contribution < 1.29 is 5.11 Å². The summed E-state index contributed by atoms with van der Waals surface area (Å²) in [5.41, 5.74) is 1.45. The zero-order valence-electron chi connectivity index (χ0n) is 9.71. The lowest BCUT2D eigenvalue weighted by molar-refractivity contribution is 0.178. The molecule has 0 heterocycles. The minimum absolute atomic E-state index is 0.357. The van der Waals surface area contributed by atoms with Gasteiger partial charge in [0.1, 0.15) is 0 Å². The Bertz CT molecular complexity index is 601. The van der Waals surface area contributed by atoms with Crippen LogP contribution in [0.3, 0.4) is 0 Å². The SMILES string of the molecule is OC(Cc1cc(Cl)ccc1Cl)c1cccc(Br)c1Cl. The zero-order valence-corrected chi connectivity index (χ0v) is 13.6. The maximum absolute atomic E-state index is 10.3. The summed E-state index contributed by atoms with van der Waals surface area (Å²) in [6.45, 7) is 0. The van der Waals surface area contributed by atoms with Crippen molar-refractivity contribution in [2.45, 2.75) is 12.5 Å². The third kappa shape index (κ3) is 3.65. The van der Waals surface area contributed by atoms with E-state index in [4.69, 9.17) is 34.8 Å². The average Bonchev–Trinajstić information content (AvgIpc) is 2.37. The molecule has 0 fully saturated rings. The second-order valence-electron chi connectivity index (χ2n) is 4.10. The van der Waals surface area contributed by atoms with Crippen LogP contribution in [-0.4, -0.2) is 5.11 Å². The van der Waals surface area contributed by atoms with E-state index in [1.54, 1.807) is 24.3 Å². The molecular formula is C14H10BrCl3O. The fourth-order valence-corrected chi connectivity index (χ4v) is 2.82. The van der Waals surface area contributed by atoms with Crippen molar-refractivity contribution in [3.8, 4) is 0 Å². The number of aliphatic hydroxyl groups excluding tert-OH is 1. The second kappa shape index (κ2) is 6.47. The van der Waals surface area contributed by atoms with Gasteiger partial charge in [0.15, 0.2) is 0 Å². The molecule has 1 unspecified atom stereocenters. The number of benzene rings is 2. The minimum Gasteiger partial charge on any atom is -0.388 e. The summed E-state index contributed by atoms with van der Waals surface area (Å²) in [5, 5.41) is 12.0. The summed E-state index contributed by atoms with van der Waals surface area (Å²) < 4.78 is 0.753. The van der Waals surface area contributed by atoms with Gasteiger partial charge < -0.3 is 5.11 Å². The number of rotatable bonds is 3. The van der Waals surface area contributed by atoms with Gasteiger partial charge in [0.05, 0.1) is 11.1 Å². The predicted octanol–water partition coefficient (Wildman–Crippen LogP) is 5.69. The van der Waals surface area contributed by atoms with Gasteiger partial charge >= 0.3 is 0 Å². The Labute approximate surface area is 135 Å². The Kier molecular flexibility index (Phi) is 5.15. The molecule has 100 valence electrons. The lowest BCUT2D eigenvalue weighted by Crippen LogP contribution is -2.03. The number of halogens is 4. The summed E-state index contributed by atoms with van der Waals surface area (Å²) in [7, 11) is 0. The molecule has 2 aromatic carbocycles. The molecule has 0 aromatic heterocycles. The standard InChI is InChI=1S/C14H10BrCl3O/c15-11-3-1-2-10(14(11)18)13(19)7-8-6-9(16)4-5-12(8)17/h1-6,13,19H,7H2. The lowest BCUT2D eigenvalue weighted by atomic mass is 10.0. The highest BCUT2D eigenvalue weighted by molar-refractivity contribution is 9.10. The molecule has 0 saturated heterocycles. The van der Waals surface area contributed by atoms with Crippen molar-refractivity contribution in [1.29, 1.82) is 0 Å². The third-order valence-corrected chi connectivity index (χ3v) is 4.68. The van der Waals surface area contributed by atoms with E-state index < -0.39 is 6.10 Å². The highest BCUT2D eigenvalue weighted by Crippen LogP contribution is 2.33. The van der Waals surface area contributed by atoms with Crippen molar-refractivity contribution in [3.05, 3.63) is 67.1 Å². The smallest absolute Gasteiger partial charge is 0.0845 e. The molecule has 0 aliphatic heterocycles. The second-order valence-corrected chi connectivity index (χ2v) is 6.17. The van der Waals surface area contributed by atoms with Gasteiger partial charge in [0, 0.05) is 26.5 Å². The molecule has 1 N–H and O–H groups in total. The molecule has 1 nitrogen and oxygen atoms in total. The van der Waals surface area contributed by atoms with Crippen molar-refractivity contribution in [2.75, 3.05) is 0 Å². The first kappa shape index (κ1) is 15.1. The molecule has 0 radical (unpaired) electrons. The average molecular weight is 380 g/mol.